The minimum atomic E-state index is -0.313. The Hall–Kier alpha value is -1.95. The molecule has 1 atom stereocenters. The molecule has 1 heterocycles. The molecule has 2 N–H and O–H groups in total. The van der Waals surface area contributed by atoms with Gasteiger partial charge in [-0.2, -0.15) is 0 Å². The highest BCUT2D eigenvalue weighted by molar-refractivity contribution is 5.85. The molecule has 132 valence electrons. The standard InChI is InChI=1S/C18H26FN3O2/c1-13(2)6-7-17(23)21-12-18(24)22-9-8-20-11-16(22)14-4-3-5-15(19)10-14/h3-5,10,13,16,20H,6-9,11-12H2,1-2H3,(H,21,23). The highest BCUT2D eigenvalue weighted by Crippen LogP contribution is 2.22. The van der Waals surface area contributed by atoms with Crippen LogP contribution in [-0.4, -0.2) is 42.9 Å². The molecule has 1 fully saturated rings. The van der Waals surface area contributed by atoms with E-state index in [4.69, 9.17) is 0 Å². The second-order valence-corrected chi connectivity index (χ2v) is 6.57. The molecule has 5 nitrogen and oxygen atoms in total. The Labute approximate surface area is 142 Å². The largest absolute Gasteiger partial charge is 0.347 e. The van der Waals surface area contributed by atoms with Crippen LogP contribution in [0.4, 0.5) is 4.39 Å². The first-order chi connectivity index (χ1) is 11.5. The molecule has 0 aromatic heterocycles. The zero-order valence-electron chi connectivity index (χ0n) is 14.3. The number of hydrogen-bond acceptors (Lipinski definition) is 3. The summed E-state index contributed by atoms with van der Waals surface area (Å²) in [5, 5.41) is 5.93. The van der Waals surface area contributed by atoms with E-state index in [2.05, 4.69) is 24.5 Å². The Morgan fingerprint density at radius 1 is 1.42 bits per heavy atom. The first-order valence-electron chi connectivity index (χ1n) is 8.49. The van der Waals surface area contributed by atoms with Gasteiger partial charge in [-0.15, -0.1) is 0 Å². The van der Waals surface area contributed by atoms with Gasteiger partial charge in [-0.1, -0.05) is 26.0 Å². The second-order valence-electron chi connectivity index (χ2n) is 6.57. The van der Waals surface area contributed by atoms with E-state index < -0.39 is 0 Å². The Morgan fingerprint density at radius 3 is 2.92 bits per heavy atom. The Kier molecular flexibility index (Phi) is 6.73. The van der Waals surface area contributed by atoms with E-state index >= 15 is 0 Å². The van der Waals surface area contributed by atoms with E-state index in [-0.39, 0.29) is 30.2 Å². The van der Waals surface area contributed by atoms with Gasteiger partial charge in [0.05, 0.1) is 12.6 Å². The summed E-state index contributed by atoms with van der Waals surface area (Å²) in [5.74, 6) is -0.0948. The second kappa shape index (κ2) is 8.78. The predicted octanol–water partition coefficient (Wildman–Crippen LogP) is 1.85. The van der Waals surface area contributed by atoms with Crippen LogP contribution in [-0.2, 0) is 9.59 Å². The van der Waals surface area contributed by atoms with Crippen molar-refractivity contribution >= 4 is 11.8 Å². The summed E-state index contributed by atoms with van der Waals surface area (Å²) < 4.78 is 13.5. The minimum Gasteiger partial charge on any atom is -0.347 e. The lowest BCUT2D eigenvalue weighted by Crippen LogP contribution is -2.51. The van der Waals surface area contributed by atoms with Crippen LogP contribution < -0.4 is 10.6 Å². The van der Waals surface area contributed by atoms with Gasteiger partial charge in [0, 0.05) is 26.1 Å². The number of nitrogens with one attached hydrogen (secondary N) is 2. The summed E-state index contributed by atoms with van der Waals surface area (Å²) in [4.78, 5) is 26.0. The maximum Gasteiger partial charge on any atom is 0.242 e. The number of carbonyl (C=O) groups is 2. The van der Waals surface area contributed by atoms with Crippen LogP contribution in [0.3, 0.4) is 0 Å². The van der Waals surface area contributed by atoms with Crippen LogP contribution in [0.2, 0.25) is 0 Å². The third-order valence-electron chi connectivity index (χ3n) is 4.18. The molecule has 0 aliphatic carbocycles. The number of rotatable bonds is 6. The Bertz CT molecular complexity index is 577. The number of hydrogen-bond donors (Lipinski definition) is 2. The van der Waals surface area contributed by atoms with Crippen LogP contribution in [0, 0.1) is 11.7 Å². The van der Waals surface area contributed by atoms with Gasteiger partial charge >= 0.3 is 0 Å². The fraction of sp³-hybridized carbons (Fsp3) is 0.556. The quantitative estimate of drug-likeness (QED) is 0.834. The summed E-state index contributed by atoms with van der Waals surface area (Å²) in [5.41, 5.74) is 0.765. The van der Waals surface area contributed by atoms with Crippen molar-refractivity contribution in [1.82, 2.24) is 15.5 Å². The van der Waals surface area contributed by atoms with Gasteiger partial charge < -0.3 is 15.5 Å². The molecular weight excluding hydrogens is 309 g/mol. The molecule has 0 spiro atoms. The molecule has 1 aromatic rings. The van der Waals surface area contributed by atoms with Gasteiger partial charge in [0.2, 0.25) is 11.8 Å². The Balaban J connectivity index is 1.94. The normalized spacial score (nSPS) is 17.8. The molecule has 24 heavy (non-hydrogen) atoms. The summed E-state index contributed by atoms with van der Waals surface area (Å²) >= 11 is 0. The third kappa shape index (κ3) is 5.30. The van der Waals surface area contributed by atoms with Crippen LogP contribution in [0.5, 0.6) is 0 Å². The van der Waals surface area contributed by atoms with E-state index in [1.54, 1.807) is 11.0 Å². The molecule has 0 radical (unpaired) electrons. The van der Waals surface area contributed by atoms with Crippen molar-refractivity contribution in [3.05, 3.63) is 35.6 Å². The van der Waals surface area contributed by atoms with Crippen molar-refractivity contribution in [3.8, 4) is 0 Å². The van der Waals surface area contributed by atoms with Gasteiger partial charge in [-0.25, -0.2) is 4.39 Å². The molecule has 1 unspecified atom stereocenters. The number of nitrogens with zero attached hydrogens (tertiary/aromatic N) is 1. The van der Waals surface area contributed by atoms with Gasteiger partial charge in [-0.05, 0) is 30.0 Å². The van der Waals surface area contributed by atoms with Crippen molar-refractivity contribution in [3.63, 3.8) is 0 Å². The fourth-order valence-electron chi connectivity index (χ4n) is 2.80. The summed E-state index contributed by atoms with van der Waals surface area (Å²) in [6.07, 6.45) is 1.24. The molecule has 0 bridgehead atoms. The zero-order valence-corrected chi connectivity index (χ0v) is 14.3. The van der Waals surface area contributed by atoms with E-state index in [0.29, 0.717) is 32.0 Å². The van der Waals surface area contributed by atoms with Crippen LogP contribution in [0.15, 0.2) is 24.3 Å². The summed E-state index contributed by atoms with van der Waals surface area (Å²) in [6, 6.07) is 6.10. The maximum atomic E-state index is 13.5. The number of piperazine rings is 1. The van der Waals surface area contributed by atoms with E-state index in [1.165, 1.54) is 12.1 Å². The van der Waals surface area contributed by atoms with Gasteiger partial charge in [0.1, 0.15) is 5.82 Å². The third-order valence-corrected chi connectivity index (χ3v) is 4.18. The predicted molar refractivity (Wildman–Crippen MR) is 90.8 cm³/mol. The number of amides is 2. The average molecular weight is 335 g/mol. The number of benzene rings is 1. The van der Waals surface area contributed by atoms with E-state index in [0.717, 1.165) is 12.0 Å². The molecule has 0 saturated carbocycles. The molecule has 1 aromatic carbocycles. The molecule has 1 aliphatic rings. The minimum absolute atomic E-state index is 0.0112. The van der Waals surface area contributed by atoms with Crippen LogP contribution in [0.25, 0.3) is 0 Å². The van der Waals surface area contributed by atoms with Crippen molar-refractivity contribution in [2.24, 2.45) is 5.92 Å². The lowest BCUT2D eigenvalue weighted by atomic mass is 10.0. The SMILES string of the molecule is CC(C)CCC(=O)NCC(=O)N1CCNCC1c1cccc(F)c1. The van der Waals surface area contributed by atoms with Crippen molar-refractivity contribution in [1.29, 1.82) is 0 Å². The van der Waals surface area contributed by atoms with E-state index in [1.807, 2.05) is 6.07 Å². The number of halogens is 1. The molecular formula is C18H26FN3O2. The fourth-order valence-corrected chi connectivity index (χ4v) is 2.80. The smallest absolute Gasteiger partial charge is 0.242 e. The zero-order chi connectivity index (χ0) is 17.5. The first kappa shape index (κ1) is 18.4. The summed E-state index contributed by atoms with van der Waals surface area (Å²) in [7, 11) is 0. The Morgan fingerprint density at radius 2 is 2.21 bits per heavy atom. The topological polar surface area (TPSA) is 61.4 Å². The van der Waals surface area contributed by atoms with E-state index in [9.17, 15) is 14.0 Å². The highest BCUT2D eigenvalue weighted by Gasteiger charge is 2.28. The van der Waals surface area contributed by atoms with Crippen molar-refractivity contribution < 1.29 is 14.0 Å². The van der Waals surface area contributed by atoms with Gasteiger partial charge in [0.25, 0.3) is 0 Å². The summed E-state index contributed by atoms with van der Waals surface area (Å²) in [6.45, 7) is 5.92. The molecule has 1 aliphatic heterocycles. The van der Waals surface area contributed by atoms with Crippen molar-refractivity contribution in [2.75, 3.05) is 26.2 Å². The molecule has 2 rings (SSSR count). The first-order valence-corrected chi connectivity index (χ1v) is 8.49. The molecule has 6 heteroatoms. The van der Waals surface area contributed by atoms with Crippen LogP contribution in [0.1, 0.15) is 38.3 Å². The lowest BCUT2D eigenvalue weighted by molar-refractivity contribution is -0.135. The van der Waals surface area contributed by atoms with Gasteiger partial charge in [0.15, 0.2) is 0 Å². The van der Waals surface area contributed by atoms with Gasteiger partial charge in [-0.3, -0.25) is 9.59 Å². The average Bonchev–Trinajstić information content (AvgIpc) is 2.57. The van der Waals surface area contributed by atoms with Crippen LogP contribution >= 0.6 is 0 Å². The van der Waals surface area contributed by atoms with Crippen molar-refractivity contribution in [2.45, 2.75) is 32.7 Å². The lowest BCUT2D eigenvalue weighted by Gasteiger charge is -2.36. The monoisotopic (exact) mass is 335 g/mol. The maximum absolute atomic E-state index is 13.5. The molecule has 1 saturated heterocycles. The molecule has 2 amide bonds. The number of carbonyl (C=O) groups excluding carboxylic acids is 2. The highest BCUT2D eigenvalue weighted by atomic mass is 19.1.